The van der Waals surface area contributed by atoms with Crippen LogP contribution in [0.2, 0.25) is 5.02 Å². The van der Waals surface area contributed by atoms with Crippen LogP contribution in [0.1, 0.15) is 31.2 Å². The van der Waals surface area contributed by atoms with E-state index in [1.54, 1.807) is 7.11 Å². The second kappa shape index (κ2) is 9.22. The minimum atomic E-state index is -0.639. The third kappa shape index (κ3) is 5.33. The molecule has 2 aliphatic rings. The monoisotopic (exact) mass is 386 g/mol. The molecule has 0 atom stereocenters. The molecule has 0 unspecified atom stereocenters. The zero-order chi connectivity index (χ0) is 17.0. The maximum absolute atomic E-state index is 13.2. The average Bonchev–Trinajstić information content (AvgIpc) is 3.44. The SMILES string of the molecule is COC1(C(=O)N(CCc2ccc(Cl)cc2)CC2CC2)CCNCC1.Cl. The van der Waals surface area contributed by atoms with Crippen molar-refractivity contribution in [3.63, 3.8) is 0 Å². The topological polar surface area (TPSA) is 41.6 Å². The Hall–Kier alpha value is -0.810. The van der Waals surface area contributed by atoms with Gasteiger partial charge in [0.05, 0.1) is 0 Å². The number of methoxy groups -OCH3 is 1. The van der Waals surface area contributed by atoms with Crippen LogP contribution in [0.25, 0.3) is 0 Å². The van der Waals surface area contributed by atoms with Crippen molar-refractivity contribution in [3.8, 4) is 0 Å². The molecule has 1 aliphatic carbocycles. The molecule has 2 fully saturated rings. The predicted molar refractivity (Wildman–Crippen MR) is 104 cm³/mol. The largest absolute Gasteiger partial charge is 0.368 e. The Morgan fingerprint density at radius 3 is 2.48 bits per heavy atom. The van der Waals surface area contributed by atoms with Crippen LogP contribution in [0.15, 0.2) is 24.3 Å². The Labute approximate surface area is 161 Å². The molecule has 0 radical (unpaired) electrons. The van der Waals surface area contributed by atoms with Gasteiger partial charge in [-0.3, -0.25) is 4.79 Å². The summed E-state index contributed by atoms with van der Waals surface area (Å²) in [7, 11) is 1.68. The van der Waals surface area contributed by atoms with Gasteiger partial charge in [-0.1, -0.05) is 23.7 Å². The highest BCUT2D eigenvalue weighted by molar-refractivity contribution is 6.30. The molecule has 3 rings (SSSR count). The lowest BCUT2D eigenvalue weighted by atomic mass is 9.90. The number of ether oxygens (including phenoxy) is 1. The molecule has 0 bridgehead atoms. The number of halogens is 2. The van der Waals surface area contributed by atoms with E-state index in [0.717, 1.165) is 50.5 Å². The van der Waals surface area contributed by atoms with Crippen LogP contribution >= 0.6 is 24.0 Å². The summed E-state index contributed by atoms with van der Waals surface area (Å²) in [6, 6.07) is 7.90. The zero-order valence-electron chi connectivity index (χ0n) is 14.8. The molecule has 25 heavy (non-hydrogen) atoms. The van der Waals surface area contributed by atoms with Gasteiger partial charge in [-0.15, -0.1) is 12.4 Å². The Bertz CT molecular complexity index is 555. The first-order chi connectivity index (χ1) is 11.6. The number of nitrogens with one attached hydrogen (secondary N) is 1. The molecule has 0 aromatic heterocycles. The van der Waals surface area contributed by atoms with E-state index >= 15 is 0 Å². The maximum atomic E-state index is 13.2. The third-order valence-corrected chi connectivity index (χ3v) is 5.49. The molecular weight excluding hydrogens is 359 g/mol. The fourth-order valence-corrected chi connectivity index (χ4v) is 3.55. The van der Waals surface area contributed by atoms with Crippen LogP contribution in [0, 0.1) is 5.92 Å². The highest BCUT2D eigenvalue weighted by atomic mass is 35.5. The van der Waals surface area contributed by atoms with Gasteiger partial charge in [-0.25, -0.2) is 0 Å². The van der Waals surface area contributed by atoms with E-state index in [9.17, 15) is 4.79 Å². The second-order valence-corrected chi connectivity index (χ2v) is 7.46. The standard InChI is InChI=1S/C19H27ClN2O2.ClH/c1-24-19(9-11-21-12-10-19)18(23)22(14-16-2-3-16)13-8-15-4-6-17(20)7-5-15;/h4-7,16,21H,2-3,8-14H2,1H3;1H. The van der Waals surface area contributed by atoms with Crippen LogP contribution < -0.4 is 5.32 Å². The van der Waals surface area contributed by atoms with E-state index in [2.05, 4.69) is 5.32 Å². The highest BCUT2D eigenvalue weighted by Gasteiger charge is 2.43. The molecule has 1 heterocycles. The zero-order valence-corrected chi connectivity index (χ0v) is 16.4. The molecule has 1 aromatic carbocycles. The lowest BCUT2D eigenvalue weighted by molar-refractivity contribution is -0.158. The summed E-state index contributed by atoms with van der Waals surface area (Å²) in [6.45, 7) is 3.29. The Kier molecular flexibility index (Phi) is 7.56. The lowest BCUT2D eigenvalue weighted by Gasteiger charge is -2.39. The van der Waals surface area contributed by atoms with E-state index in [-0.39, 0.29) is 18.3 Å². The quantitative estimate of drug-likeness (QED) is 0.781. The van der Waals surface area contributed by atoms with Crippen molar-refractivity contribution >= 4 is 29.9 Å². The minimum absolute atomic E-state index is 0. The van der Waals surface area contributed by atoms with Gasteiger partial charge in [0.2, 0.25) is 0 Å². The third-order valence-electron chi connectivity index (χ3n) is 5.24. The van der Waals surface area contributed by atoms with E-state index in [1.165, 1.54) is 18.4 Å². The average molecular weight is 387 g/mol. The van der Waals surface area contributed by atoms with Gasteiger partial charge >= 0.3 is 0 Å². The molecule has 1 N–H and O–H groups in total. The summed E-state index contributed by atoms with van der Waals surface area (Å²) < 4.78 is 5.74. The highest BCUT2D eigenvalue weighted by Crippen LogP contribution is 2.32. The van der Waals surface area contributed by atoms with Crippen molar-refractivity contribution in [2.75, 3.05) is 33.3 Å². The van der Waals surface area contributed by atoms with Crippen LogP contribution in [-0.4, -0.2) is 49.7 Å². The van der Waals surface area contributed by atoms with Gasteiger partial charge in [0.1, 0.15) is 5.60 Å². The number of carbonyl (C=O) groups excluding carboxylic acids is 1. The normalized spacial score (nSPS) is 19.1. The molecule has 1 amide bonds. The van der Waals surface area contributed by atoms with E-state index in [0.29, 0.717) is 5.92 Å². The molecule has 0 spiro atoms. The van der Waals surface area contributed by atoms with Gasteiger partial charge in [0, 0.05) is 25.2 Å². The second-order valence-electron chi connectivity index (χ2n) is 7.02. The number of nitrogens with zero attached hydrogens (tertiary/aromatic N) is 1. The summed E-state index contributed by atoms with van der Waals surface area (Å²) >= 11 is 5.95. The molecule has 6 heteroatoms. The van der Waals surface area contributed by atoms with Gasteiger partial charge < -0.3 is 15.0 Å². The van der Waals surface area contributed by atoms with Crippen molar-refractivity contribution in [3.05, 3.63) is 34.9 Å². The first kappa shape index (κ1) is 20.5. The number of benzene rings is 1. The first-order valence-corrected chi connectivity index (χ1v) is 9.30. The van der Waals surface area contributed by atoms with Crippen molar-refractivity contribution < 1.29 is 9.53 Å². The Morgan fingerprint density at radius 1 is 1.28 bits per heavy atom. The van der Waals surface area contributed by atoms with Gasteiger partial charge in [-0.2, -0.15) is 0 Å². The number of amides is 1. The summed E-state index contributed by atoms with van der Waals surface area (Å²) in [5.74, 6) is 0.849. The summed E-state index contributed by atoms with van der Waals surface area (Å²) in [5.41, 5.74) is 0.574. The number of piperidine rings is 1. The molecule has 4 nitrogen and oxygen atoms in total. The fourth-order valence-electron chi connectivity index (χ4n) is 3.43. The smallest absolute Gasteiger partial charge is 0.254 e. The molecule has 1 saturated carbocycles. The maximum Gasteiger partial charge on any atom is 0.254 e. The lowest BCUT2D eigenvalue weighted by Crippen LogP contribution is -2.56. The fraction of sp³-hybridized carbons (Fsp3) is 0.632. The number of hydrogen-bond donors (Lipinski definition) is 1. The molecular formula is C19H28Cl2N2O2. The Balaban J connectivity index is 0.00000225. The van der Waals surface area contributed by atoms with Crippen molar-refractivity contribution in [2.24, 2.45) is 5.92 Å². The van der Waals surface area contributed by atoms with Gasteiger partial charge in [0.15, 0.2) is 0 Å². The molecule has 1 aliphatic heterocycles. The number of hydrogen-bond acceptors (Lipinski definition) is 3. The van der Waals surface area contributed by atoms with E-state index in [4.69, 9.17) is 16.3 Å². The van der Waals surface area contributed by atoms with Crippen molar-refractivity contribution in [1.29, 1.82) is 0 Å². The van der Waals surface area contributed by atoms with Crippen LogP contribution in [0.5, 0.6) is 0 Å². The van der Waals surface area contributed by atoms with Crippen molar-refractivity contribution in [1.82, 2.24) is 10.2 Å². The minimum Gasteiger partial charge on any atom is -0.368 e. The molecule has 1 aromatic rings. The van der Waals surface area contributed by atoms with Crippen LogP contribution in [0.4, 0.5) is 0 Å². The van der Waals surface area contributed by atoms with Crippen LogP contribution in [0.3, 0.4) is 0 Å². The Morgan fingerprint density at radius 2 is 1.92 bits per heavy atom. The predicted octanol–water partition coefficient (Wildman–Crippen LogP) is 3.31. The molecule has 140 valence electrons. The number of carbonyl (C=O) groups is 1. The summed E-state index contributed by atoms with van der Waals surface area (Å²) in [4.78, 5) is 15.3. The van der Waals surface area contributed by atoms with E-state index < -0.39 is 5.60 Å². The summed E-state index contributed by atoms with van der Waals surface area (Å²) in [6.07, 6.45) is 4.85. The molecule has 1 saturated heterocycles. The van der Waals surface area contributed by atoms with Crippen LogP contribution in [-0.2, 0) is 16.0 Å². The number of rotatable bonds is 7. The van der Waals surface area contributed by atoms with Gasteiger partial charge in [0.25, 0.3) is 5.91 Å². The van der Waals surface area contributed by atoms with Gasteiger partial charge in [-0.05, 0) is 68.8 Å². The van der Waals surface area contributed by atoms with Crippen molar-refractivity contribution in [2.45, 2.75) is 37.7 Å². The summed E-state index contributed by atoms with van der Waals surface area (Å²) in [5, 5.41) is 4.07. The first-order valence-electron chi connectivity index (χ1n) is 8.93. The van der Waals surface area contributed by atoms with E-state index in [1.807, 2.05) is 29.2 Å².